The Morgan fingerprint density at radius 3 is 2.15 bits per heavy atom. The fraction of sp³-hybridized carbons (Fsp3) is 0.240. The molecule has 0 saturated carbocycles. The number of dihydropyridines is 1. The molecule has 0 spiro atoms. The Labute approximate surface area is 196 Å². The van der Waals surface area contributed by atoms with E-state index in [2.05, 4.69) is 10.3 Å². The maximum atomic E-state index is 13.2. The Morgan fingerprint density at radius 1 is 0.971 bits per heavy atom. The summed E-state index contributed by atoms with van der Waals surface area (Å²) in [5.74, 6) is -2.86. The SMILES string of the molecule is COC(=O)C1=C(C)NC(C)=C(C(=O)OCCN2C(=O)c3ccccc3C2=O)C1c1cccnc1. The molecule has 2 aliphatic heterocycles. The molecule has 4 rings (SSSR count). The molecule has 1 aromatic heterocycles. The maximum absolute atomic E-state index is 13.2. The number of allylic oxidation sites excluding steroid dienone is 2. The predicted octanol–water partition coefficient (Wildman–Crippen LogP) is 2.33. The van der Waals surface area contributed by atoms with Crippen LogP contribution in [0.1, 0.15) is 46.0 Å². The van der Waals surface area contributed by atoms with E-state index in [-0.39, 0.29) is 24.3 Å². The summed E-state index contributed by atoms with van der Waals surface area (Å²) in [6.45, 7) is 3.15. The highest BCUT2D eigenvalue weighted by molar-refractivity contribution is 6.21. The highest BCUT2D eigenvalue weighted by atomic mass is 16.5. The molecule has 3 heterocycles. The first kappa shape index (κ1) is 22.9. The van der Waals surface area contributed by atoms with Crippen LogP contribution >= 0.6 is 0 Å². The molecule has 0 bridgehead atoms. The molecule has 9 heteroatoms. The Hall–Kier alpha value is -4.27. The van der Waals surface area contributed by atoms with Crippen molar-refractivity contribution in [1.29, 1.82) is 0 Å². The summed E-state index contributed by atoms with van der Waals surface area (Å²) >= 11 is 0. The van der Waals surface area contributed by atoms with Crippen molar-refractivity contribution in [2.45, 2.75) is 19.8 Å². The molecule has 2 aliphatic rings. The second-order valence-electron chi connectivity index (χ2n) is 7.86. The van der Waals surface area contributed by atoms with E-state index in [1.54, 1.807) is 62.6 Å². The number of benzene rings is 1. The predicted molar refractivity (Wildman–Crippen MR) is 120 cm³/mol. The van der Waals surface area contributed by atoms with Gasteiger partial charge in [-0.2, -0.15) is 0 Å². The second-order valence-corrected chi connectivity index (χ2v) is 7.86. The van der Waals surface area contributed by atoms with Gasteiger partial charge < -0.3 is 14.8 Å². The smallest absolute Gasteiger partial charge is 0.336 e. The van der Waals surface area contributed by atoms with Gasteiger partial charge in [0.2, 0.25) is 0 Å². The number of carbonyl (C=O) groups excluding carboxylic acids is 4. The van der Waals surface area contributed by atoms with Crippen LogP contribution in [0.4, 0.5) is 0 Å². The van der Waals surface area contributed by atoms with Gasteiger partial charge in [0.1, 0.15) is 6.61 Å². The summed E-state index contributed by atoms with van der Waals surface area (Å²) in [6.07, 6.45) is 3.17. The summed E-state index contributed by atoms with van der Waals surface area (Å²) < 4.78 is 10.4. The molecule has 174 valence electrons. The Morgan fingerprint density at radius 2 is 1.59 bits per heavy atom. The fourth-order valence-electron chi connectivity index (χ4n) is 4.27. The van der Waals surface area contributed by atoms with Crippen molar-refractivity contribution in [2.75, 3.05) is 20.3 Å². The quantitative estimate of drug-likeness (QED) is 0.515. The molecule has 9 nitrogen and oxygen atoms in total. The molecule has 0 saturated heterocycles. The van der Waals surface area contributed by atoms with E-state index in [0.29, 0.717) is 28.1 Å². The van der Waals surface area contributed by atoms with Crippen LogP contribution in [-0.2, 0) is 19.1 Å². The number of esters is 2. The zero-order valence-electron chi connectivity index (χ0n) is 19.0. The van der Waals surface area contributed by atoms with Gasteiger partial charge in [-0.15, -0.1) is 0 Å². The van der Waals surface area contributed by atoms with Crippen LogP contribution in [0.25, 0.3) is 0 Å². The van der Waals surface area contributed by atoms with Gasteiger partial charge in [-0.1, -0.05) is 18.2 Å². The number of ether oxygens (including phenoxy) is 2. The van der Waals surface area contributed by atoms with Crippen LogP contribution in [0.5, 0.6) is 0 Å². The van der Waals surface area contributed by atoms with Crippen LogP contribution in [0.2, 0.25) is 0 Å². The normalized spacial score (nSPS) is 17.5. The lowest BCUT2D eigenvalue weighted by Crippen LogP contribution is -2.35. The summed E-state index contributed by atoms with van der Waals surface area (Å²) in [5, 5.41) is 3.05. The second kappa shape index (κ2) is 9.30. The molecule has 1 atom stereocenters. The van der Waals surface area contributed by atoms with Crippen LogP contribution in [0.15, 0.2) is 71.3 Å². The van der Waals surface area contributed by atoms with E-state index in [0.717, 1.165) is 4.90 Å². The number of aromatic nitrogens is 1. The van der Waals surface area contributed by atoms with Crippen LogP contribution in [0.3, 0.4) is 0 Å². The Bertz CT molecular complexity index is 1210. The Kier molecular flexibility index (Phi) is 6.27. The number of methoxy groups -OCH3 is 1. The van der Waals surface area contributed by atoms with E-state index in [4.69, 9.17) is 9.47 Å². The monoisotopic (exact) mass is 461 g/mol. The highest BCUT2D eigenvalue weighted by Gasteiger charge is 2.39. The van der Waals surface area contributed by atoms with Crippen molar-refractivity contribution in [3.63, 3.8) is 0 Å². The average molecular weight is 461 g/mol. The third-order valence-corrected chi connectivity index (χ3v) is 5.83. The van der Waals surface area contributed by atoms with Crippen molar-refractivity contribution in [2.24, 2.45) is 0 Å². The molecule has 2 amide bonds. The van der Waals surface area contributed by atoms with Gasteiger partial charge in [0, 0.05) is 23.8 Å². The van der Waals surface area contributed by atoms with E-state index in [1.807, 2.05) is 0 Å². The van der Waals surface area contributed by atoms with Crippen molar-refractivity contribution < 1.29 is 28.7 Å². The number of rotatable bonds is 6. The minimum Gasteiger partial charge on any atom is -0.466 e. The highest BCUT2D eigenvalue weighted by Crippen LogP contribution is 2.38. The lowest BCUT2D eigenvalue weighted by Gasteiger charge is -2.30. The number of imide groups is 1. The maximum Gasteiger partial charge on any atom is 0.336 e. The van der Waals surface area contributed by atoms with E-state index < -0.39 is 29.7 Å². The molecule has 1 N–H and O–H groups in total. The lowest BCUT2D eigenvalue weighted by molar-refractivity contribution is -0.139. The first-order chi connectivity index (χ1) is 16.3. The number of nitrogens with one attached hydrogen (secondary N) is 1. The average Bonchev–Trinajstić information content (AvgIpc) is 3.08. The van der Waals surface area contributed by atoms with Gasteiger partial charge >= 0.3 is 11.9 Å². The molecular weight excluding hydrogens is 438 g/mol. The lowest BCUT2D eigenvalue weighted by atomic mass is 9.81. The minimum atomic E-state index is -0.755. The fourth-order valence-corrected chi connectivity index (χ4v) is 4.27. The van der Waals surface area contributed by atoms with Crippen LogP contribution in [0, 0.1) is 0 Å². The number of hydrogen-bond donors (Lipinski definition) is 1. The number of pyridine rings is 1. The van der Waals surface area contributed by atoms with Crippen molar-refractivity contribution in [3.8, 4) is 0 Å². The van der Waals surface area contributed by atoms with Gasteiger partial charge in [0.05, 0.1) is 41.8 Å². The first-order valence-electron chi connectivity index (χ1n) is 10.6. The third-order valence-electron chi connectivity index (χ3n) is 5.83. The van der Waals surface area contributed by atoms with Crippen molar-refractivity contribution in [3.05, 3.63) is 88.0 Å². The number of carbonyl (C=O) groups is 4. The van der Waals surface area contributed by atoms with Gasteiger partial charge in [0.15, 0.2) is 0 Å². The number of fused-ring (bicyclic) bond motifs is 1. The van der Waals surface area contributed by atoms with E-state index >= 15 is 0 Å². The number of nitrogens with zero attached hydrogens (tertiary/aromatic N) is 2. The molecule has 0 fully saturated rings. The largest absolute Gasteiger partial charge is 0.466 e. The van der Waals surface area contributed by atoms with Gasteiger partial charge in [-0.25, -0.2) is 9.59 Å². The van der Waals surface area contributed by atoms with E-state index in [9.17, 15) is 19.2 Å². The third kappa shape index (κ3) is 3.96. The molecule has 34 heavy (non-hydrogen) atoms. The topological polar surface area (TPSA) is 115 Å². The number of amides is 2. The van der Waals surface area contributed by atoms with Crippen molar-refractivity contribution >= 4 is 23.8 Å². The van der Waals surface area contributed by atoms with Crippen LogP contribution in [-0.4, -0.2) is 53.9 Å². The summed E-state index contributed by atoms with van der Waals surface area (Å²) in [7, 11) is 1.27. The molecule has 0 aliphatic carbocycles. The first-order valence-corrected chi connectivity index (χ1v) is 10.6. The Balaban J connectivity index is 1.55. The standard InChI is InChI=1S/C25H23N3O6/c1-14-19(24(31)33-3)21(16-7-6-10-26-13-16)20(15(2)27-14)25(32)34-12-11-28-22(29)17-8-4-5-9-18(17)23(28)30/h4-10,13,21,27H,11-12H2,1-3H3. The molecule has 1 aromatic carbocycles. The summed E-state index contributed by atoms with van der Waals surface area (Å²) in [4.78, 5) is 56.1. The zero-order valence-corrected chi connectivity index (χ0v) is 19.0. The summed E-state index contributed by atoms with van der Waals surface area (Å²) in [6, 6.07) is 10.0. The van der Waals surface area contributed by atoms with E-state index in [1.165, 1.54) is 7.11 Å². The molecule has 2 aromatic rings. The summed E-state index contributed by atoms with van der Waals surface area (Å²) in [5.41, 5.74) is 2.85. The molecular formula is C25H23N3O6. The molecule has 1 unspecified atom stereocenters. The molecule has 0 radical (unpaired) electrons. The van der Waals surface area contributed by atoms with Gasteiger partial charge in [0.25, 0.3) is 11.8 Å². The number of hydrogen-bond acceptors (Lipinski definition) is 8. The zero-order chi connectivity index (χ0) is 24.4. The van der Waals surface area contributed by atoms with Crippen LogP contribution < -0.4 is 5.32 Å². The van der Waals surface area contributed by atoms with Crippen molar-refractivity contribution in [1.82, 2.24) is 15.2 Å². The van der Waals surface area contributed by atoms with Gasteiger partial charge in [-0.3, -0.25) is 19.5 Å². The van der Waals surface area contributed by atoms with Gasteiger partial charge in [-0.05, 0) is 37.6 Å². The minimum absolute atomic E-state index is 0.0892.